The summed E-state index contributed by atoms with van der Waals surface area (Å²) in [6.45, 7) is 2.90. The van der Waals surface area contributed by atoms with E-state index in [-0.39, 0.29) is 0 Å². The highest BCUT2D eigenvalue weighted by Gasteiger charge is 2.06. The minimum Gasteiger partial charge on any atom is -0.334 e. The average molecular weight is 193 g/mol. The van der Waals surface area contributed by atoms with Gasteiger partial charge in [-0.25, -0.2) is 0 Å². The second kappa shape index (κ2) is 3.79. The largest absolute Gasteiger partial charge is 0.334 e. The number of rotatable bonds is 1. The van der Waals surface area contributed by atoms with Crippen LogP contribution in [0.15, 0.2) is 23.3 Å². The summed E-state index contributed by atoms with van der Waals surface area (Å²) in [5.41, 5.74) is 2.05. The fraction of sp³-hybridized carbons (Fsp3) is 0.333. The molecular weight excluding hydrogens is 182 g/mol. The molecule has 68 valence electrons. The summed E-state index contributed by atoms with van der Waals surface area (Å²) in [5, 5.41) is 4.22. The molecule has 4 heteroatoms. The molecule has 0 atom stereocenters. The smallest absolute Gasteiger partial charge is 0.161 e. The molecule has 2 rings (SSSR count). The summed E-state index contributed by atoms with van der Waals surface area (Å²) < 4.78 is 0. The van der Waals surface area contributed by atoms with Crippen molar-refractivity contribution < 1.29 is 0 Å². The quantitative estimate of drug-likeness (QED) is 0.740. The van der Waals surface area contributed by atoms with Gasteiger partial charge in [0, 0.05) is 11.4 Å². The molecular formula is C9H11N3S. The zero-order valence-electron chi connectivity index (χ0n) is 7.45. The zero-order valence-corrected chi connectivity index (χ0v) is 8.27. The van der Waals surface area contributed by atoms with E-state index in [0.29, 0.717) is 0 Å². The van der Waals surface area contributed by atoms with Gasteiger partial charge in [0.2, 0.25) is 0 Å². The number of nitrogens with zero attached hydrogens (tertiary/aromatic N) is 2. The second-order valence-electron chi connectivity index (χ2n) is 2.85. The second-order valence-corrected chi connectivity index (χ2v) is 3.93. The van der Waals surface area contributed by atoms with Crippen molar-refractivity contribution in [1.29, 1.82) is 0 Å². The fourth-order valence-electron chi connectivity index (χ4n) is 1.08. The van der Waals surface area contributed by atoms with Gasteiger partial charge in [0.05, 0.1) is 18.4 Å². The summed E-state index contributed by atoms with van der Waals surface area (Å²) >= 11 is 1.75. The number of amidine groups is 1. The summed E-state index contributed by atoms with van der Waals surface area (Å²) in [5.74, 6) is 1.08. The molecule has 0 aromatic carbocycles. The molecule has 1 aliphatic rings. The molecule has 1 N–H and O–H groups in total. The van der Waals surface area contributed by atoms with Gasteiger partial charge in [-0.1, -0.05) is 11.8 Å². The maximum atomic E-state index is 4.29. The Morgan fingerprint density at radius 1 is 1.46 bits per heavy atom. The molecule has 0 bridgehead atoms. The van der Waals surface area contributed by atoms with Crippen LogP contribution >= 0.6 is 11.8 Å². The number of anilines is 1. The number of pyridine rings is 1. The van der Waals surface area contributed by atoms with Crippen LogP contribution in [-0.4, -0.2) is 22.4 Å². The highest BCUT2D eigenvalue weighted by Crippen LogP contribution is 2.14. The lowest BCUT2D eigenvalue weighted by Crippen LogP contribution is -2.04. The first-order valence-corrected chi connectivity index (χ1v) is 5.20. The van der Waals surface area contributed by atoms with E-state index < -0.39 is 0 Å². The van der Waals surface area contributed by atoms with E-state index in [1.807, 2.05) is 25.3 Å². The monoisotopic (exact) mass is 193 g/mol. The van der Waals surface area contributed by atoms with Crippen LogP contribution in [0, 0.1) is 6.92 Å². The highest BCUT2D eigenvalue weighted by molar-refractivity contribution is 8.14. The van der Waals surface area contributed by atoms with E-state index in [2.05, 4.69) is 15.3 Å². The van der Waals surface area contributed by atoms with Crippen molar-refractivity contribution in [2.24, 2.45) is 4.99 Å². The van der Waals surface area contributed by atoms with Gasteiger partial charge in [-0.3, -0.25) is 9.98 Å². The maximum absolute atomic E-state index is 4.29. The maximum Gasteiger partial charge on any atom is 0.161 e. The van der Waals surface area contributed by atoms with Crippen molar-refractivity contribution >= 4 is 22.6 Å². The number of aromatic nitrogens is 1. The molecule has 0 saturated carbocycles. The number of hydrogen-bond donors (Lipinski definition) is 1. The lowest BCUT2D eigenvalue weighted by Gasteiger charge is -2.03. The molecule has 1 aromatic heterocycles. The van der Waals surface area contributed by atoms with E-state index in [1.165, 1.54) is 0 Å². The molecule has 0 spiro atoms. The highest BCUT2D eigenvalue weighted by atomic mass is 32.2. The molecule has 0 unspecified atom stereocenters. The molecule has 0 fully saturated rings. The predicted octanol–water partition coefficient (Wildman–Crippen LogP) is 1.90. The van der Waals surface area contributed by atoms with Gasteiger partial charge in [-0.05, 0) is 19.1 Å². The van der Waals surface area contributed by atoms with E-state index in [0.717, 1.165) is 28.8 Å². The van der Waals surface area contributed by atoms with Crippen LogP contribution in [0.3, 0.4) is 0 Å². The fourth-order valence-corrected chi connectivity index (χ4v) is 1.82. The Kier molecular flexibility index (Phi) is 2.49. The summed E-state index contributed by atoms with van der Waals surface area (Å²) in [4.78, 5) is 8.49. The van der Waals surface area contributed by atoms with E-state index in [1.54, 1.807) is 11.8 Å². The Labute approximate surface area is 81.7 Å². The Morgan fingerprint density at radius 2 is 2.38 bits per heavy atom. The zero-order chi connectivity index (χ0) is 9.10. The molecule has 0 amide bonds. The standard InChI is InChI=1S/C9H11N3S/c1-7-2-3-8(6-11-7)12-9-10-4-5-13-9/h2-3,6H,4-5H2,1H3,(H,10,12). The number of aliphatic imine (C=N–C) groups is 1. The first-order valence-electron chi connectivity index (χ1n) is 4.21. The molecule has 1 aromatic rings. The number of nitrogens with one attached hydrogen (secondary N) is 1. The molecule has 2 heterocycles. The van der Waals surface area contributed by atoms with Gasteiger partial charge in [0.1, 0.15) is 0 Å². The molecule has 0 radical (unpaired) electrons. The normalized spacial score (nSPS) is 15.6. The van der Waals surface area contributed by atoms with Gasteiger partial charge in [0.25, 0.3) is 0 Å². The number of aryl methyl sites for hydroxylation is 1. The number of thioether (sulfide) groups is 1. The van der Waals surface area contributed by atoms with Crippen molar-refractivity contribution in [3.05, 3.63) is 24.0 Å². The summed E-state index contributed by atoms with van der Waals surface area (Å²) in [6.07, 6.45) is 1.83. The minimum atomic E-state index is 0.923. The Bertz CT molecular complexity index is 318. The van der Waals surface area contributed by atoms with Crippen molar-refractivity contribution in [3.8, 4) is 0 Å². The summed E-state index contributed by atoms with van der Waals surface area (Å²) in [7, 11) is 0. The first-order chi connectivity index (χ1) is 6.34. The van der Waals surface area contributed by atoms with E-state index >= 15 is 0 Å². The van der Waals surface area contributed by atoms with E-state index in [4.69, 9.17) is 0 Å². The lowest BCUT2D eigenvalue weighted by molar-refractivity contribution is 1.17. The third-order valence-corrected chi connectivity index (χ3v) is 2.64. The summed E-state index contributed by atoms with van der Waals surface area (Å²) in [6, 6.07) is 4.01. The Balaban J connectivity index is 2.05. The predicted molar refractivity (Wildman–Crippen MR) is 57.4 cm³/mol. The van der Waals surface area contributed by atoms with Crippen LogP contribution in [0.1, 0.15) is 5.69 Å². The topological polar surface area (TPSA) is 37.3 Å². The van der Waals surface area contributed by atoms with Crippen LogP contribution < -0.4 is 5.32 Å². The molecule has 0 aliphatic carbocycles. The Hall–Kier alpha value is -1.03. The van der Waals surface area contributed by atoms with Crippen molar-refractivity contribution in [3.63, 3.8) is 0 Å². The lowest BCUT2D eigenvalue weighted by atomic mass is 10.3. The molecule has 1 aliphatic heterocycles. The van der Waals surface area contributed by atoms with Crippen LogP contribution in [0.5, 0.6) is 0 Å². The van der Waals surface area contributed by atoms with Crippen LogP contribution in [0.2, 0.25) is 0 Å². The van der Waals surface area contributed by atoms with Crippen LogP contribution in [0.25, 0.3) is 0 Å². The van der Waals surface area contributed by atoms with Crippen molar-refractivity contribution in [1.82, 2.24) is 4.98 Å². The Morgan fingerprint density at radius 3 is 3.00 bits per heavy atom. The van der Waals surface area contributed by atoms with Crippen molar-refractivity contribution in [2.45, 2.75) is 6.92 Å². The molecule has 3 nitrogen and oxygen atoms in total. The van der Waals surface area contributed by atoms with Crippen LogP contribution in [-0.2, 0) is 0 Å². The van der Waals surface area contributed by atoms with Crippen LogP contribution in [0.4, 0.5) is 5.69 Å². The first kappa shape index (κ1) is 8.56. The minimum absolute atomic E-state index is 0.923. The van der Waals surface area contributed by atoms with Gasteiger partial charge in [0.15, 0.2) is 5.17 Å². The van der Waals surface area contributed by atoms with Gasteiger partial charge < -0.3 is 5.32 Å². The SMILES string of the molecule is Cc1ccc(NC2=NCCS2)cn1. The van der Waals surface area contributed by atoms with Gasteiger partial charge >= 0.3 is 0 Å². The third-order valence-electron chi connectivity index (χ3n) is 1.75. The third kappa shape index (κ3) is 2.21. The molecule has 0 saturated heterocycles. The van der Waals surface area contributed by atoms with Gasteiger partial charge in [-0.15, -0.1) is 0 Å². The average Bonchev–Trinajstić information content (AvgIpc) is 2.62. The van der Waals surface area contributed by atoms with Crippen molar-refractivity contribution in [2.75, 3.05) is 17.6 Å². The molecule has 13 heavy (non-hydrogen) atoms. The van der Waals surface area contributed by atoms with E-state index in [9.17, 15) is 0 Å². The number of hydrogen-bond acceptors (Lipinski definition) is 4. The van der Waals surface area contributed by atoms with Gasteiger partial charge in [-0.2, -0.15) is 0 Å².